The van der Waals surface area contributed by atoms with Crippen LogP contribution in [0.3, 0.4) is 0 Å². The second-order valence-corrected chi connectivity index (χ2v) is 4.28. The van der Waals surface area contributed by atoms with Crippen molar-refractivity contribution >= 4 is 5.78 Å². The third kappa shape index (κ3) is 3.16. The Balaban J connectivity index is 2.63. The molecule has 0 fully saturated rings. The molecule has 0 unspecified atom stereocenters. The van der Waals surface area contributed by atoms with Gasteiger partial charge in [-0.3, -0.25) is 9.48 Å². The monoisotopic (exact) mass is 209 g/mol. The molecule has 0 saturated carbocycles. The molecule has 4 heteroatoms. The summed E-state index contributed by atoms with van der Waals surface area (Å²) in [6.07, 6.45) is 4.05. The number of hydrogen-bond donors (Lipinski definition) is 1. The van der Waals surface area contributed by atoms with E-state index >= 15 is 0 Å². The number of hydrogen-bond acceptors (Lipinski definition) is 3. The highest BCUT2D eigenvalue weighted by Gasteiger charge is 2.25. The van der Waals surface area contributed by atoms with Gasteiger partial charge >= 0.3 is 0 Å². The first-order valence-corrected chi connectivity index (χ1v) is 5.21. The average molecular weight is 209 g/mol. The molecule has 15 heavy (non-hydrogen) atoms. The topological polar surface area (TPSA) is 46.9 Å². The Kier molecular flexibility index (Phi) is 3.63. The summed E-state index contributed by atoms with van der Waals surface area (Å²) >= 11 is 0. The van der Waals surface area contributed by atoms with Gasteiger partial charge in [0.15, 0.2) is 5.78 Å². The number of nitrogens with zero attached hydrogens (tertiary/aromatic N) is 2. The fraction of sp³-hybridized carbons (Fsp3) is 0.636. The fourth-order valence-corrected chi connectivity index (χ4v) is 1.51. The van der Waals surface area contributed by atoms with E-state index in [4.69, 9.17) is 0 Å². The number of likely N-dealkylation sites (N-methyl/N-ethyl adjacent to an activating group) is 1. The molecular weight excluding hydrogens is 190 g/mol. The summed E-state index contributed by atoms with van der Waals surface area (Å²) in [6.45, 7) is 6.62. The van der Waals surface area contributed by atoms with E-state index in [1.165, 1.54) is 0 Å². The zero-order chi connectivity index (χ0) is 11.5. The smallest absolute Gasteiger partial charge is 0.156 e. The van der Waals surface area contributed by atoms with Gasteiger partial charge in [-0.2, -0.15) is 5.10 Å². The van der Waals surface area contributed by atoms with Gasteiger partial charge in [-0.05, 0) is 26.0 Å². The first-order chi connectivity index (χ1) is 6.95. The Bertz CT molecular complexity index is 341. The van der Waals surface area contributed by atoms with E-state index in [0.717, 1.165) is 12.1 Å². The normalized spacial score (nSPS) is 11.7. The number of rotatable bonds is 5. The number of aromatic nitrogens is 2. The van der Waals surface area contributed by atoms with Crippen molar-refractivity contribution in [3.8, 4) is 0 Å². The molecule has 84 valence electrons. The van der Waals surface area contributed by atoms with Crippen molar-refractivity contribution in [2.24, 2.45) is 7.05 Å². The van der Waals surface area contributed by atoms with Gasteiger partial charge in [0.05, 0.1) is 11.7 Å². The molecule has 0 bridgehead atoms. The highest BCUT2D eigenvalue weighted by molar-refractivity contribution is 5.89. The van der Waals surface area contributed by atoms with Crippen LogP contribution < -0.4 is 5.32 Å². The van der Waals surface area contributed by atoms with Crippen LogP contribution in [0.1, 0.15) is 26.3 Å². The Morgan fingerprint density at radius 2 is 2.27 bits per heavy atom. The van der Waals surface area contributed by atoms with Gasteiger partial charge in [-0.15, -0.1) is 0 Å². The number of aryl methyl sites for hydroxylation is 1. The molecule has 1 aromatic rings. The Labute approximate surface area is 90.7 Å². The van der Waals surface area contributed by atoms with E-state index < -0.39 is 5.54 Å². The van der Waals surface area contributed by atoms with Gasteiger partial charge in [0.2, 0.25) is 0 Å². The van der Waals surface area contributed by atoms with Gasteiger partial charge < -0.3 is 5.32 Å². The van der Waals surface area contributed by atoms with Crippen molar-refractivity contribution in [3.63, 3.8) is 0 Å². The number of carbonyl (C=O) groups is 1. The summed E-state index contributed by atoms with van der Waals surface area (Å²) in [4.78, 5) is 11.9. The lowest BCUT2D eigenvalue weighted by Gasteiger charge is -2.23. The molecule has 1 aromatic heterocycles. The first-order valence-electron chi connectivity index (χ1n) is 5.21. The summed E-state index contributed by atoms with van der Waals surface area (Å²) in [7, 11) is 1.85. The lowest BCUT2D eigenvalue weighted by Crippen LogP contribution is -2.47. The lowest BCUT2D eigenvalue weighted by atomic mass is 9.95. The SMILES string of the molecule is CCNC(C)(C)C(=O)Cc1cnn(C)c1. The lowest BCUT2D eigenvalue weighted by molar-refractivity contribution is -0.123. The van der Waals surface area contributed by atoms with E-state index in [1.807, 2.05) is 34.0 Å². The summed E-state index contributed by atoms with van der Waals surface area (Å²) in [5.74, 6) is 0.192. The average Bonchev–Trinajstić information content (AvgIpc) is 2.51. The van der Waals surface area contributed by atoms with Gasteiger partial charge in [0, 0.05) is 19.7 Å². The molecule has 4 nitrogen and oxygen atoms in total. The molecule has 1 N–H and O–H groups in total. The van der Waals surface area contributed by atoms with Crippen LogP contribution >= 0.6 is 0 Å². The predicted octanol–water partition coefficient (Wildman–Crippen LogP) is 0.920. The fourth-order valence-electron chi connectivity index (χ4n) is 1.51. The molecule has 0 aromatic carbocycles. The Morgan fingerprint density at radius 3 is 2.73 bits per heavy atom. The molecule has 1 heterocycles. The summed E-state index contributed by atoms with van der Waals surface area (Å²) < 4.78 is 1.71. The van der Waals surface area contributed by atoms with Crippen LogP contribution in [-0.4, -0.2) is 27.6 Å². The first kappa shape index (κ1) is 11.9. The molecule has 0 aliphatic rings. The van der Waals surface area contributed by atoms with E-state index in [-0.39, 0.29) is 5.78 Å². The second-order valence-electron chi connectivity index (χ2n) is 4.28. The molecule has 0 atom stereocenters. The highest BCUT2D eigenvalue weighted by Crippen LogP contribution is 2.09. The van der Waals surface area contributed by atoms with Gasteiger partial charge in [-0.1, -0.05) is 6.92 Å². The maximum Gasteiger partial charge on any atom is 0.156 e. The van der Waals surface area contributed by atoms with Crippen LogP contribution in [0.4, 0.5) is 0 Å². The van der Waals surface area contributed by atoms with Crippen molar-refractivity contribution in [1.82, 2.24) is 15.1 Å². The van der Waals surface area contributed by atoms with E-state index in [0.29, 0.717) is 6.42 Å². The van der Waals surface area contributed by atoms with Crippen LogP contribution in [0.5, 0.6) is 0 Å². The van der Waals surface area contributed by atoms with Gasteiger partial charge in [-0.25, -0.2) is 0 Å². The van der Waals surface area contributed by atoms with E-state index in [9.17, 15) is 4.79 Å². The van der Waals surface area contributed by atoms with Crippen LogP contribution in [0.15, 0.2) is 12.4 Å². The summed E-state index contributed by atoms with van der Waals surface area (Å²) in [5.41, 5.74) is 0.512. The van der Waals surface area contributed by atoms with Crippen LogP contribution in [0.2, 0.25) is 0 Å². The van der Waals surface area contributed by atoms with Gasteiger partial charge in [0.1, 0.15) is 0 Å². The summed E-state index contributed by atoms with van der Waals surface area (Å²) in [6, 6.07) is 0. The maximum atomic E-state index is 11.9. The quantitative estimate of drug-likeness (QED) is 0.784. The largest absolute Gasteiger partial charge is 0.306 e. The molecule has 0 aliphatic heterocycles. The van der Waals surface area contributed by atoms with Crippen molar-refractivity contribution in [2.75, 3.05) is 6.54 Å². The zero-order valence-electron chi connectivity index (χ0n) is 9.87. The van der Waals surface area contributed by atoms with Crippen molar-refractivity contribution in [2.45, 2.75) is 32.7 Å². The predicted molar refractivity (Wildman–Crippen MR) is 59.7 cm³/mol. The van der Waals surface area contributed by atoms with Crippen molar-refractivity contribution < 1.29 is 4.79 Å². The van der Waals surface area contributed by atoms with Crippen LogP contribution in [-0.2, 0) is 18.3 Å². The second kappa shape index (κ2) is 4.57. The number of carbonyl (C=O) groups excluding carboxylic acids is 1. The minimum atomic E-state index is -0.454. The molecule has 0 saturated heterocycles. The third-order valence-corrected chi connectivity index (χ3v) is 2.44. The highest BCUT2D eigenvalue weighted by atomic mass is 16.1. The number of Topliss-reactive ketones (excluding diaryl/α,β-unsaturated/α-hetero) is 1. The van der Waals surface area contributed by atoms with Crippen molar-refractivity contribution in [1.29, 1.82) is 0 Å². The van der Waals surface area contributed by atoms with Crippen LogP contribution in [0, 0.1) is 0 Å². The van der Waals surface area contributed by atoms with E-state index in [1.54, 1.807) is 10.9 Å². The minimum absolute atomic E-state index is 0.192. The van der Waals surface area contributed by atoms with Gasteiger partial charge in [0.25, 0.3) is 0 Å². The Hall–Kier alpha value is -1.16. The Morgan fingerprint density at radius 1 is 1.60 bits per heavy atom. The number of nitrogens with one attached hydrogen (secondary N) is 1. The number of ketones is 1. The summed E-state index contributed by atoms with van der Waals surface area (Å²) in [5, 5.41) is 7.21. The zero-order valence-corrected chi connectivity index (χ0v) is 9.87. The molecule has 0 amide bonds. The maximum absolute atomic E-state index is 11.9. The standard InChI is InChI=1S/C11H19N3O/c1-5-12-11(2,3)10(15)6-9-7-13-14(4)8-9/h7-8,12H,5-6H2,1-4H3. The molecular formula is C11H19N3O. The molecule has 0 radical (unpaired) electrons. The molecule has 0 aliphatic carbocycles. The molecule has 1 rings (SSSR count). The minimum Gasteiger partial charge on any atom is -0.306 e. The van der Waals surface area contributed by atoms with Crippen LogP contribution in [0.25, 0.3) is 0 Å². The van der Waals surface area contributed by atoms with Crippen molar-refractivity contribution in [3.05, 3.63) is 18.0 Å². The van der Waals surface area contributed by atoms with E-state index in [2.05, 4.69) is 10.4 Å². The molecule has 0 spiro atoms. The third-order valence-electron chi connectivity index (χ3n) is 2.44.